The van der Waals surface area contributed by atoms with Gasteiger partial charge < -0.3 is 18.9 Å². The first-order valence-corrected chi connectivity index (χ1v) is 11.1. The molecule has 5 rings (SSSR count). The predicted octanol–water partition coefficient (Wildman–Crippen LogP) is 5.18. The first kappa shape index (κ1) is 21.1. The third kappa shape index (κ3) is 3.71. The van der Waals surface area contributed by atoms with E-state index in [1.165, 1.54) is 5.56 Å². The second-order valence-electron chi connectivity index (χ2n) is 8.36. The largest absolute Gasteiger partial charge is 0.497 e. The van der Waals surface area contributed by atoms with Crippen LogP contribution in [0.3, 0.4) is 0 Å². The van der Waals surface area contributed by atoms with Crippen molar-refractivity contribution in [1.29, 1.82) is 0 Å². The number of ether oxygens (including phenoxy) is 2. The van der Waals surface area contributed by atoms with Gasteiger partial charge in [-0.05, 0) is 36.8 Å². The Balaban J connectivity index is 1.57. The zero-order valence-corrected chi connectivity index (χ0v) is 19.1. The lowest BCUT2D eigenvalue weighted by Gasteiger charge is -2.22. The van der Waals surface area contributed by atoms with E-state index < -0.39 is 0 Å². The van der Waals surface area contributed by atoms with Crippen molar-refractivity contribution < 1.29 is 14.3 Å². The third-order valence-electron chi connectivity index (χ3n) is 6.46. The Bertz CT molecular complexity index is 1300. The Hall–Kier alpha value is -3.80. The Morgan fingerprint density at radius 3 is 2.48 bits per heavy atom. The minimum Gasteiger partial charge on any atom is -0.497 e. The van der Waals surface area contributed by atoms with Crippen LogP contribution >= 0.6 is 0 Å². The third-order valence-corrected chi connectivity index (χ3v) is 6.46. The lowest BCUT2D eigenvalue weighted by molar-refractivity contribution is -0.117. The number of hydrogen-bond donors (Lipinski definition) is 0. The van der Waals surface area contributed by atoms with Gasteiger partial charge in [-0.1, -0.05) is 42.5 Å². The molecule has 0 aliphatic carbocycles. The molecular weight excluding hydrogens is 414 g/mol. The molecule has 0 spiro atoms. The zero-order valence-electron chi connectivity index (χ0n) is 19.1. The van der Waals surface area contributed by atoms with Gasteiger partial charge in [-0.15, -0.1) is 0 Å². The van der Waals surface area contributed by atoms with Crippen molar-refractivity contribution in [1.82, 2.24) is 9.55 Å². The molecule has 2 heterocycles. The quantitative estimate of drug-likeness (QED) is 0.414. The Kier molecular flexibility index (Phi) is 5.50. The molecule has 4 aromatic rings. The van der Waals surface area contributed by atoms with E-state index in [0.29, 0.717) is 24.5 Å². The van der Waals surface area contributed by atoms with E-state index in [1.807, 2.05) is 42.5 Å². The van der Waals surface area contributed by atoms with Crippen LogP contribution in [0.5, 0.6) is 11.5 Å². The van der Waals surface area contributed by atoms with E-state index >= 15 is 0 Å². The first-order chi connectivity index (χ1) is 16.1. The van der Waals surface area contributed by atoms with Crippen LogP contribution in [0.25, 0.3) is 11.0 Å². The normalized spacial score (nSPS) is 16.9. The van der Waals surface area contributed by atoms with Crippen molar-refractivity contribution in [2.75, 3.05) is 25.7 Å². The van der Waals surface area contributed by atoms with Crippen LogP contribution in [0, 0.1) is 0 Å². The fourth-order valence-electron chi connectivity index (χ4n) is 4.76. The van der Waals surface area contributed by atoms with Crippen molar-refractivity contribution in [2.24, 2.45) is 0 Å². The van der Waals surface area contributed by atoms with Crippen LogP contribution in [-0.2, 0) is 4.79 Å². The van der Waals surface area contributed by atoms with E-state index in [0.717, 1.165) is 22.5 Å². The standard InChI is InChI=1S/C27H27N3O3/c1-18(19-9-5-4-6-10-19)30-23-12-8-7-11-22(23)28-27(30)20-15-26(31)29(17-20)24-16-21(32-2)13-14-25(24)33-3/h4-14,16,18,20H,15,17H2,1-3H3/t18-,20-/m0/s1. The van der Waals surface area contributed by atoms with Crippen LogP contribution in [-0.4, -0.2) is 36.2 Å². The summed E-state index contributed by atoms with van der Waals surface area (Å²) < 4.78 is 13.2. The number of para-hydroxylation sites is 2. The molecule has 0 N–H and O–H groups in total. The van der Waals surface area contributed by atoms with Gasteiger partial charge in [0.25, 0.3) is 0 Å². The first-order valence-electron chi connectivity index (χ1n) is 11.1. The summed E-state index contributed by atoms with van der Waals surface area (Å²) in [7, 11) is 3.23. The number of imidazole rings is 1. The van der Waals surface area contributed by atoms with Gasteiger partial charge in [0, 0.05) is 24.9 Å². The lowest BCUT2D eigenvalue weighted by Crippen LogP contribution is -2.25. The summed E-state index contributed by atoms with van der Waals surface area (Å²) in [6.45, 7) is 2.72. The number of aromatic nitrogens is 2. The lowest BCUT2D eigenvalue weighted by atomic mass is 10.0. The summed E-state index contributed by atoms with van der Waals surface area (Å²) >= 11 is 0. The maximum Gasteiger partial charge on any atom is 0.227 e. The molecule has 1 fully saturated rings. The maximum absolute atomic E-state index is 13.2. The molecule has 1 amide bonds. The minimum atomic E-state index is -0.0352. The molecule has 0 radical (unpaired) electrons. The molecule has 1 aliphatic rings. The van der Waals surface area contributed by atoms with Gasteiger partial charge in [-0.2, -0.15) is 0 Å². The van der Waals surface area contributed by atoms with E-state index in [-0.39, 0.29) is 17.9 Å². The molecular formula is C27H27N3O3. The van der Waals surface area contributed by atoms with Crippen LogP contribution in [0.4, 0.5) is 5.69 Å². The highest BCUT2D eigenvalue weighted by Crippen LogP contribution is 2.40. The number of nitrogens with zero attached hydrogens (tertiary/aromatic N) is 3. The molecule has 168 valence electrons. The highest BCUT2D eigenvalue weighted by Gasteiger charge is 2.37. The molecule has 3 aromatic carbocycles. The molecule has 1 aliphatic heterocycles. The minimum absolute atomic E-state index is 0.0352. The molecule has 2 atom stereocenters. The monoisotopic (exact) mass is 441 g/mol. The summed E-state index contributed by atoms with van der Waals surface area (Å²) in [6, 6.07) is 24.2. The number of carbonyl (C=O) groups is 1. The number of benzene rings is 3. The Labute approximate surface area is 193 Å². The molecule has 1 saturated heterocycles. The van der Waals surface area contributed by atoms with Gasteiger partial charge >= 0.3 is 0 Å². The van der Waals surface area contributed by atoms with Gasteiger partial charge in [0.2, 0.25) is 5.91 Å². The highest BCUT2D eigenvalue weighted by atomic mass is 16.5. The second kappa shape index (κ2) is 8.62. The van der Waals surface area contributed by atoms with Crippen LogP contribution in [0.1, 0.15) is 36.7 Å². The number of hydrogen-bond acceptors (Lipinski definition) is 4. The van der Waals surface area contributed by atoms with Crippen molar-refractivity contribution in [3.05, 3.63) is 84.2 Å². The van der Waals surface area contributed by atoms with E-state index in [4.69, 9.17) is 14.5 Å². The maximum atomic E-state index is 13.2. The Morgan fingerprint density at radius 2 is 1.73 bits per heavy atom. The fraction of sp³-hybridized carbons (Fsp3) is 0.259. The number of fused-ring (bicyclic) bond motifs is 1. The van der Waals surface area contributed by atoms with Crippen molar-refractivity contribution in [3.8, 4) is 11.5 Å². The Morgan fingerprint density at radius 1 is 0.970 bits per heavy atom. The summed E-state index contributed by atoms with van der Waals surface area (Å²) in [4.78, 5) is 20.0. The summed E-state index contributed by atoms with van der Waals surface area (Å²) in [5.74, 6) is 2.29. The molecule has 33 heavy (non-hydrogen) atoms. The molecule has 6 heteroatoms. The van der Waals surface area contributed by atoms with Crippen LogP contribution in [0.2, 0.25) is 0 Å². The summed E-state index contributed by atoms with van der Waals surface area (Å²) in [6.07, 6.45) is 0.394. The topological polar surface area (TPSA) is 56.6 Å². The zero-order chi connectivity index (χ0) is 22.9. The number of amides is 1. The number of rotatable bonds is 6. The average Bonchev–Trinajstić information content (AvgIpc) is 3.44. The molecule has 1 aromatic heterocycles. The van der Waals surface area contributed by atoms with Gasteiger partial charge in [-0.25, -0.2) is 4.98 Å². The molecule has 6 nitrogen and oxygen atoms in total. The van der Waals surface area contributed by atoms with Gasteiger partial charge in [-0.3, -0.25) is 4.79 Å². The number of methoxy groups -OCH3 is 2. The van der Waals surface area contributed by atoms with Gasteiger partial charge in [0.1, 0.15) is 17.3 Å². The van der Waals surface area contributed by atoms with E-state index in [9.17, 15) is 4.79 Å². The SMILES string of the molecule is COc1ccc(OC)c(N2C[C@@H](c3nc4ccccc4n3[C@@H](C)c3ccccc3)CC2=O)c1. The van der Waals surface area contributed by atoms with Crippen molar-refractivity contribution in [3.63, 3.8) is 0 Å². The van der Waals surface area contributed by atoms with Gasteiger partial charge in [0.15, 0.2) is 0 Å². The molecule has 0 saturated carbocycles. The molecule has 0 unspecified atom stereocenters. The van der Waals surface area contributed by atoms with Crippen LogP contribution in [0.15, 0.2) is 72.8 Å². The van der Waals surface area contributed by atoms with Crippen molar-refractivity contribution in [2.45, 2.75) is 25.3 Å². The fourth-order valence-corrected chi connectivity index (χ4v) is 4.76. The van der Waals surface area contributed by atoms with E-state index in [1.54, 1.807) is 19.1 Å². The van der Waals surface area contributed by atoms with E-state index in [2.05, 4.69) is 41.8 Å². The second-order valence-corrected chi connectivity index (χ2v) is 8.36. The highest BCUT2D eigenvalue weighted by molar-refractivity contribution is 5.98. The van der Waals surface area contributed by atoms with Gasteiger partial charge in [0.05, 0.1) is 37.0 Å². The number of carbonyl (C=O) groups excluding carboxylic acids is 1. The summed E-state index contributed by atoms with van der Waals surface area (Å²) in [5.41, 5.74) is 3.95. The number of anilines is 1. The van der Waals surface area contributed by atoms with Crippen molar-refractivity contribution >= 4 is 22.6 Å². The average molecular weight is 442 g/mol. The van der Waals surface area contributed by atoms with Crippen LogP contribution < -0.4 is 14.4 Å². The smallest absolute Gasteiger partial charge is 0.227 e. The predicted molar refractivity (Wildman–Crippen MR) is 129 cm³/mol. The summed E-state index contributed by atoms with van der Waals surface area (Å²) in [5, 5.41) is 0. The molecule has 0 bridgehead atoms.